The molecule has 0 saturated heterocycles. The number of aromatic nitrogens is 2. The summed E-state index contributed by atoms with van der Waals surface area (Å²) in [5.74, 6) is 0.449. The van der Waals surface area contributed by atoms with Gasteiger partial charge in [-0.25, -0.2) is 8.42 Å². The predicted octanol–water partition coefficient (Wildman–Crippen LogP) is 3.15. The maximum absolute atomic E-state index is 11.3. The number of rotatable bonds is 6. The molecule has 3 aromatic rings. The van der Waals surface area contributed by atoms with Crippen molar-refractivity contribution >= 4 is 15.7 Å². The standard InChI is InChI=1S/C18H16N4O3S/c1-26(23,24)22-15-9-7-14(8-10-15)17-20-18(25-21-17)16(11-12-19)13-5-3-2-4-6-13/h2-10,16,22H,11H2,1H3. The third kappa shape index (κ3) is 4.26. The van der Waals surface area contributed by atoms with Gasteiger partial charge in [-0.05, 0) is 29.8 Å². The molecule has 1 unspecified atom stereocenters. The molecule has 0 fully saturated rings. The molecule has 7 nitrogen and oxygen atoms in total. The van der Waals surface area contributed by atoms with Gasteiger partial charge in [0.25, 0.3) is 0 Å². The summed E-state index contributed by atoms with van der Waals surface area (Å²) in [6.07, 6.45) is 1.31. The second-order valence-electron chi connectivity index (χ2n) is 5.73. The zero-order chi connectivity index (χ0) is 18.6. The van der Waals surface area contributed by atoms with E-state index in [1.165, 1.54) is 0 Å². The first-order valence-corrected chi connectivity index (χ1v) is 9.69. The van der Waals surface area contributed by atoms with E-state index in [9.17, 15) is 8.42 Å². The molecule has 0 amide bonds. The summed E-state index contributed by atoms with van der Waals surface area (Å²) in [7, 11) is -3.33. The minimum Gasteiger partial charge on any atom is -0.338 e. The molecule has 0 spiro atoms. The van der Waals surface area contributed by atoms with Crippen molar-refractivity contribution in [3.8, 4) is 17.5 Å². The van der Waals surface area contributed by atoms with Crippen LogP contribution in [-0.4, -0.2) is 24.8 Å². The maximum Gasteiger partial charge on any atom is 0.235 e. The predicted molar refractivity (Wildman–Crippen MR) is 96.7 cm³/mol. The van der Waals surface area contributed by atoms with Crippen molar-refractivity contribution in [1.29, 1.82) is 5.26 Å². The lowest BCUT2D eigenvalue weighted by Gasteiger charge is -2.08. The van der Waals surface area contributed by atoms with Crippen molar-refractivity contribution in [3.63, 3.8) is 0 Å². The van der Waals surface area contributed by atoms with Crippen LogP contribution in [0.5, 0.6) is 0 Å². The summed E-state index contributed by atoms with van der Waals surface area (Å²) in [5, 5.41) is 13.1. The Morgan fingerprint density at radius 3 is 2.46 bits per heavy atom. The Kier molecular flexibility index (Phi) is 5.00. The normalized spacial score (nSPS) is 12.3. The second kappa shape index (κ2) is 7.37. The third-order valence-corrected chi connectivity index (χ3v) is 4.29. The average molecular weight is 368 g/mol. The molecule has 1 N–H and O–H groups in total. The summed E-state index contributed by atoms with van der Waals surface area (Å²) in [4.78, 5) is 4.41. The molecule has 2 aromatic carbocycles. The Morgan fingerprint density at radius 1 is 1.15 bits per heavy atom. The molecular weight excluding hydrogens is 352 g/mol. The lowest BCUT2D eigenvalue weighted by atomic mass is 9.96. The smallest absolute Gasteiger partial charge is 0.235 e. The van der Waals surface area contributed by atoms with Gasteiger partial charge < -0.3 is 4.52 Å². The van der Waals surface area contributed by atoms with Crippen LogP contribution in [0.3, 0.4) is 0 Å². The van der Waals surface area contributed by atoms with Crippen molar-refractivity contribution in [2.45, 2.75) is 12.3 Å². The summed E-state index contributed by atoms with van der Waals surface area (Å²) in [5.41, 5.74) is 2.06. The molecule has 1 heterocycles. The average Bonchev–Trinajstić information content (AvgIpc) is 3.09. The fourth-order valence-corrected chi connectivity index (χ4v) is 3.08. The number of nitrogens with zero attached hydrogens (tertiary/aromatic N) is 3. The molecule has 0 aliphatic heterocycles. The molecule has 0 aliphatic rings. The van der Waals surface area contributed by atoms with Gasteiger partial charge in [-0.1, -0.05) is 35.5 Å². The largest absolute Gasteiger partial charge is 0.338 e. The van der Waals surface area contributed by atoms with Crippen LogP contribution in [0.15, 0.2) is 59.1 Å². The highest BCUT2D eigenvalue weighted by Gasteiger charge is 2.21. The van der Waals surface area contributed by atoms with Gasteiger partial charge in [-0.3, -0.25) is 4.72 Å². The number of hydrogen-bond acceptors (Lipinski definition) is 6. The van der Waals surface area contributed by atoms with Crippen molar-refractivity contribution < 1.29 is 12.9 Å². The summed E-state index contributed by atoms with van der Waals surface area (Å²) < 4.78 is 30.3. The van der Waals surface area contributed by atoms with Crippen molar-refractivity contribution in [3.05, 3.63) is 66.1 Å². The Morgan fingerprint density at radius 2 is 1.85 bits per heavy atom. The maximum atomic E-state index is 11.3. The van der Waals surface area contributed by atoms with Crippen LogP contribution >= 0.6 is 0 Å². The SMILES string of the molecule is CS(=O)(=O)Nc1ccc(-c2noc(C(CC#N)c3ccccc3)n2)cc1. The van der Waals surface area contributed by atoms with Gasteiger partial charge in [-0.15, -0.1) is 0 Å². The monoisotopic (exact) mass is 368 g/mol. The van der Waals surface area contributed by atoms with Crippen LogP contribution in [0, 0.1) is 11.3 Å². The third-order valence-electron chi connectivity index (χ3n) is 3.68. The number of sulfonamides is 1. The first-order chi connectivity index (χ1) is 12.5. The highest BCUT2D eigenvalue weighted by Crippen LogP contribution is 2.28. The van der Waals surface area contributed by atoms with E-state index in [1.54, 1.807) is 24.3 Å². The summed E-state index contributed by atoms with van der Waals surface area (Å²) >= 11 is 0. The van der Waals surface area contributed by atoms with Crippen LogP contribution in [-0.2, 0) is 10.0 Å². The van der Waals surface area contributed by atoms with Gasteiger partial charge in [0.05, 0.1) is 24.7 Å². The molecular formula is C18H16N4O3S. The summed E-state index contributed by atoms with van der Waals surface area (Å²) in [6, 6.07) is 18.3. The van der Waals surface area contributed by atoms with E-state index in [0.717, 1.165) is 11.8 Å². The molecule has 0 saturated carbocycles. The van der Waals surface area contributed by atoms with Gasteiger partial charge in [0.2, 0.25) is 21.7 Å². The van der Waals surface area contributed by atoms with E-state index >= 15 is 0 Å². The quantitative estimate of drug-likeness (QED) is 0.716. The van der Waals surface area contributed by atoms with Gasteiger partial charge in [0.1, 0.15) is 0 Å². The molecule has 8 heteroatoms. The minimum atomic E-state index is -3.33. The lowest BCUT2D eigenvalue weighted by molar-refractivity contribution is 0.366. The number of benzene rings is 2. The zero-order valence-electron chi connectivity index (χ0n) is 14.0. The molecule has 0 aliphatic carbocycles. The van der Waals surface area contributed by atoms with Crippen LogP contribution in [0.1, 0.15) is 23.8 Å². The Bertz CT molecular complexity index is 1020. The van der Waals surface area contributed by atoms with E-state index in [-0.39, 0.29) is 12.3 Å². The number of nitriles is 1. The fourth-order valence-electron chi connectivity index (χ4n) is 2.52. The Balaban J connectivity index is 1.86. The van der Waals surface area contributed by atoms with Crippen LogP contribution < -0.4 is 4.72 Å². The number of hydrogen-bond donors (Lipinski definition) is 1. The minimum absolute atomic E-state index is 0.225. The van der Waals surface area contributed by atoms with Gasteiger partial charge >= 0.3 is 0 Å². The Hall–Kier alpha value is -3.18. The van der Waals surface area contributed by atoms with Gasteiger partial charge in [0, 0.05) is 11.3 Å². The molecule has 0 radical (unpaired) electrons. The van der Waals surface area contributed by atoms with Crippen LogP contribution in [0.25, 0.3) is 11.4 Å². The molecule has 1 aromatic heterocycles. The fraction of sp³-hybridized carbons (Fsp3) is 0.167. The number of nitrogens with one attached hydrogen (secondary N) is 1. The molecule has 132 valence electrons. The van der Waals surface area contributed by atoms with Gasteiger partial charge in [0.15, 0.2) is 0 Å². The van der Waals surface area contributed by atoms with Crippen molar-refractivity contribution in [2.24, 2.45) is 0 Å². The zero-order valence-corrected chi connectivity index (χ0v) is 14.8. The highest BCUT2D eigenvalue weighted by atomic mass is 32.2. The molecule has 3 rings (SSSR count). The number of anilines is 1. The van der Waals surface area contributed by atoms with E-state index in [2.05, 4.69) is 20.9 Å². The van der Waals surface area contributed by atoms with Gasteiger partial charge in [-0.2, -0.15) is 10.2 Å². The Labute approximate surface area is 151 Å². The van der Waals surface area contributed by atoms with E-state index < -0.39 is 10.0 Å². The topological polar surface area (TPSA) is 109 Å². The second-order valence-corrected chi connectivity index (χ2v) is 7.48. The highest BCUT2D eigenvalue weighted by molar-refractivity contribution is 7.92. The lowest BCUT2D eigenvalue weighted by Crippen LogP contribution is -2.09. The molecule has 26 heavy (non-hydrogen) atoms. The van der Waals surface area contributed by atoms with E-state index in [4.69, 9.17) is 9.78 Å². The van der Waals surface area contributed by atoms with Crippen molar-refractivity contribution in [1.82, 2.24) is 10.1 Å². The van der Waals surface area contributed by atoms with E-state index in [0.29, 0.717) is 23.0 Å². The summed E-state index contributed by atoms with van der Waals surface area (Å²) in [6.45, 7) is 0. The van der Waals surface area contributed by atoms with Crippen LogP contribution in [0.4, 0.5) is 5.69 Å². The van der Waals surface area contributed by atoms with Crippen molar-refractivity contribution in [2.75, 3.05) is 11.0 Å². The van der Waals surface area contributed by atoms with E-state index in [1.807, 2.05) is 30.3 Å². The first-order valence-electron chi connectivity index (χ1n) is 7.80. The van der Waals surface area contributed by atoms with Crippen LogP contribution in [0.2, 0.25) is 0 Å². The molecule has 1 atom stereocenters. The first kappa shape index (κ1) is 17.6. The molecule has 0 bridgehead atoms.